The lowest BCUT2D eigenvalue weighted by Crippen LogP contribution is -2.36. The molecular formula is C19H26O4. The van der Waals surface area contributed by atoms with Gasteiger partial charge in [0.05, 0.1) is 0 Å². The molecular weight excluding hydrogens is 292 g/mol. The Bertz CT molecular complexity index is 672. The molecule has 1 fully saturated rings. The Morgan fingerprint density at radius 1 is 1.30 bits per heavy atom. The van der Waals surface area contributed by atoms with E-state index in [1.807, 2.05) is 6.92 Å². The first-order chi connectivity index (χ1) is 10.5. The van der Waals surface area contributed by atoms with Gasteiger partial charge in [-0.25, -0.2) is 4.79 Å². The van der Waals surface area contributed by atoms with Gasteiger partial charge >= 0.3 is 5.97 Å². The molecule has 1 aliphatic rings. The number of allylic oxidation sites excluding steroid dienone is 1. The molecule has 1 saturated carbocycles. The fourth-order valence-electron chi connectivity index (χ4n) is 3.97. The third-order valence-electron chi connectivity index (χ3n) is 5.22. The van der Waals surface area contributed by atoms with Crippen LogP contribution in [0.1, 0.15) is 68.4 Å². The first-order valence-corrected chi connectivity index (χ1v) is 8.03. The molecule has 1 aromatic carbocycles. The minimum absolute atomic E-state index is 0.0294. The highest BCUT2D eigenvalue weighted by molar-refractivity contribution is 5.94. The van der Waals surface area contributed by atoms with Gasteiger partial charge in [0.1, 0.15) is 17.1 Å². The zero-order valence-corrected chi connectivity index (χ0v) is 14.4. The van der Waals surface area contributed by atoms with E-state index in [9.17, 15) is 20.1 Å². The minimum atomic E-state index is -1.18. The Morgan fingerprint density at radius 3 is 2.43 bits per heavy atom. The van der Waals surface area contributed by atoms with Gasteiger partial charge in [-0.15, -0.1) is 0 Å². The average Bonchev–Trinajstić information content (AvgIpc) is 2.41. The topological polar surface area (TPSA) is 77.8 Å². The van der Waals surface area contributed by atoms with Crippen LogP contribution in [0.15, 0.2) is 18.2 Å². The van der Waals surface area contributed by atoms with Crippen molar-refractivity contribution in [2.24, 2.45) is 5.41 Å². The fraction of sp³-hybridized carbons (Fsp3) is 0.526. The third kappa shape index (κ3) is 2.82. The Kier molecular flexibility index (Phi) is 4.22. The van der Waals surface area contributed by atoms with Crippen molar-refractivity contribution in [3.05, 3.63) is 34.9 Å². The molecule has 1 aromatic rings. The number of hydrogen-bond donors (Lipinski definition) is 3. The van der Waals surface area contributed by atoms with E-state index >= 15 is 0 Å². The Balaban J connectivity index is 2.74. The molecule has 23 heavy (non-hydrogen) atoms. The number of rotatable bonds is 3. The highest BCUT2D eigenvalue weighted by Crippen LogP contribution is 2.55. The van der Waals surface area contributed by atoms with Crippen LogP contribution < -0.4 is 0 Å². The van der Waals surface area contributed by atoms with Crippen LogP contribution >= 0.6 is 0 Å². The van der Waals surface area contributed by atoms with E-state index in [4.69, 9.17) is 0 Å². The van der Waals surface area contributed by atoms with Gasteiger partial charge in [0.25, 0.3) is 0 Å². The van der Waals surface area contributed by atoms with Crippen molar-refractivity contribution in [2.75, 3.05) is 0 Å². The largest absolute Gasteiger partial charge is 0.507 e. The van der Waals surface area contributed by atoms with Gasteiger partial charge in [0, 0.05) is 11.0 Å². The molecule has 0 spiro atoms. The zero-order chi connectivity index (χ0) is 17.6. The number of hydrogen-bond acceptors (Lipinski definition) is 3. The van der Waals surface area contributed by atoms with Crippen molar-refractivity contribution >= 4 is 5.97 Å². The van der Waals surface area contributed by atoms with Crippen molar-refractivity contribution in [2.45, 2.75) is 58.8 Å². The van der Waals surface area contributed by atoms with Gasteiger partial charge in [-0.2, -0.15) is 0 Å². The smallest absolute Gasteiger partial charge is 0.339 e. The number of phenols is 2. The number of carbonyl (C=O) groups is 1. The van der Waals surface area contributed by atoms with Crippen molar-refractivity contribution in [3.63, 3.8) is 0 Å². The summed E-state index contributed by atoms with van der Waals surface area (Å²) in [6.07, 6.45) is 2.90. The second kappa shape index (κ2) is 5.59. The standard InChI is InChI=1S/C19H26O4/c1-6-12-9-13(20)15(16(21)14(12)17(22)23)19(5)10-18(3,4)8-7-11(19)2/h9,20-21H,2,6-8,10H2,1,3-5H3,(H,22,23). The molecule has 0 aromatic heterocycles. The molecule has 4 nitrogen and oxygen atoms in total. The maximum atomic E-state index is 11.6. The van der Waals surface area contributed by atoms with Gasteiger partial charge in [0.2, 0.25) is 0 Å². The summed E-state index contributed by atoms with van der Waals surface area (Å²) in [5.41, 5.74) is 0.916. The maximum absolute atomic E-state index is 11.6. The number of phenolic OH excluding ortho intramolecular Hbond substituents is 1. The highest BCUT2D eigenvalue weighted by Gasteiger charge is 2.44. The Morgan fingerprint density at radius 2 is 1.91 bits per heavy atom. The normalized spacial score (nSPS) is 23.7. The van der Waals surface area contributed by atoms with Gasteiger partial charge < -0.3 is 15.3 Å². The minimum Gasteiger partial charge on any atom is -0.507 e. The molecule has 0 saturated heterocycles. The molecule has 1 atom stereocenters. The number of benzene rings is 1. The van der Waals surface area contributed by atoms with Crippen LogP contribution in [-0.2, 0) is 11.8 Å². The van der Waals surface area contributed by atoms with Gasteiger partial charge in [-0.1, -0.05) is 39.8 Å². The van der Waals surface area contributed by atoms with E-state index in [0.29, 0.717) is 24.0 Å². The SMILES string of the molecule is C=C1CCC(C)(C)CC1(C)c1c(O)cc(CC)c(C(=O)O)c1O. The summed E-state index contributed by atoms with van der Waals surface area (Å²) in [4.78, 5) is 11.6. The first-order valence-electron chi connectivity index (χ1n) is 8.03. The molecule has 0 heterocycles. The second-order valence-corrected chi connectivity index (χ2v) is 7.59. The summed E-state index contributed by atoms with van der Waals surface area (Å²) >= 11 is 0. The molecule has 1 unspecified atom stereocenters. The number of carboxylic acids is 1. The van der Waals surface area contributed by atoms with Crippen LogP contribution in [0.5, 0.6) is 11.5 Å². The second-order valence-electron chi connectivity index (χ2n) is 7.59. The Hall–Kier alpha value is -1.97. The highest BCUT2D eigenvalue weighted by atomic mass is 16.4. The number of aromatic hydroxyl groups is 2. The number of carboxylic acid groups (broad SMARTS) is 1. The quantitative estimate of drug-likeness (QED) is 0.723. The van der Waals surface area contributed by atoms with Gasteiger partial charge in [-0.3, -0.25) is 0 Å². The lowest BCUT2D eigenvalue weighted by atomic mass is 9.59. The summed E-state index contributed by atoms with van der Waals surface area (Å²) < 4.78 is 0. The van der Waals surface area contributed by atoms with E-state index in [0.717, 1.165) is 18.4 Å². The summed E-state index contributed by atoms with van der Waals surface area (Å²) in [7, 11) is 0. The fourth-order valence-corrected chi connectivity index (χ4v) is 3.97. The van der Waals surface area contributed by atoms with Crippen LogP contribution in [0.3, 0.4) is 0 Å². The van der Waals surface area contributed by atoms with Gasteiger partial charge in [0.15, 0.2) is 0 Å². The molecule has 126 valence electrons. The van der Waals surface area contributed by atoms with E-state index < -0.39 is 11.4 Å². The summed E-state index contributed by atoms with van der Waals surface area (Å²) in [5, 5.41) is 30.7. The molecule has 1 aliphatic carbocycles. The van der Waals surface area contributed by atoms with E-state index in [1.54, 1.807) is 6.92 Å². The summed E-state index contributed by atoms with van der Waals surface area (Å²) in [6, 6.07) is 1.47. The van der Waals surface area contributed by atoms with E-state index in [2.05, 4.69) is 20.4 Å². The van der Waals surface area contributed by atoms with Crippen molar-refractivity contribution in [1.29, 1.82) is 0 Å². The van der Waals surface area contributed by atoms with E-state index in [-0.39, 0.29) is 22.5 Å². The molecule has 0 radical (unpaired) electrons. The van der Waals surface area contributed by atoms with Crippen molar-refractivity contribution in [1.82, 2.24) is 0 Å². The van der Waals surface area contributed by atoms with Crippen LogP contribution in [0.25, 0.3) is 0 Å². The zero-order valence-electron chi connectivity index (χ0n) is 14.4. The van der Waals surface area contributed by atoms with Crippen LogP contribution in [-0.4, -0.2) is 21.3 Å². The third-order valence-corrected chi connectivity index (χ3v) is 5.22. The maximum Gasteiger partial charge on any atom is 0.339 e. The van der Waals surface area contributed by atoms with E-state index in [1.165, 1.54) is 6.07 Å². The molecule has 0 bridgehead atoms. The summed E-state index contributed by atoms with van der Waals surface area (Å²) in [5.74, 6) is -1.55. The number of aromatic carboxylic acids is 1. The molecule has 2 rings (SSSR count). The lowest BCUT2D eigenvalue weighted by molar-refractivity contribution is 0.0692. The van der Waals surface area contributed by atoms with Gasteiger partial charge in [-0.05, 0) is 42.7 Å². The summed E-state index contributed by atoms with van der Waals surface area (Å²) in [6.45, 7) is 12.2. The monoisotopic (exact) mass is 318 g/mol. The predicted molar refractivity (Wildman–Crippen MR) is 90.2 cm³/mol. The van der Waals surface area contributed by atoms with Crippen LogP contribution in [0, 0.1) is 5.41 Å². The number of aryl methyl sites for hydroxylation is 1. The Labute approximate surface area is 137 Å². The molecule has 0 aliphatic heterocycles. The van der Waals surface area contributed by atoms with Crippen molar-refractivity contribution in [3.8, 4) is 11.5 Å². The lowest BCUT2D eigenvalue weighted by Gasteiger charge is -2.45. The first kappa shape index (κ1) is 17.4. The van der Waals surface area contributed by atoms with Crippen LogP contribution in [0.2, 0.25) is 0 Å². The molecule has 0 amide bonds. The van der Waals surface area contributed by atoms with Crippen molar-refractivity contribution < 1.29 is 20.1 Å². The predicted octanol–water partition coefficient (Wildman–Crippen LogP) is 4.38. The average molecular weight is 318 g/mol. The molecule has 3 N–H and O–H groups in total. The van der Waals surface area contributed by atoms with Crippen LogP contribution in [0.4, 0.5) is 0 Å². The molecule has 4 heteroatoms.